The zero-order valence-electron chi connectivity index (χ0n) is 12.9. The summed E-state index contributed by atoms with van der Waals surface area (Å²) in [6.07, 6.45) is 4.60. The topological polar surface area (TPSA) is 40.6 Å². The van der Waals surface area contributed by atoms with E-state index < -0.39 is 5.82 Å². The van der Waals surface area contributed by atoms with E-state index >= 15 is 0 Å². The van der Waals surface area contributed by atoms with Gasteiger partial charge in [0.25, 0.3) is 0 Å². The maximum absolute atomic E-state index is 13.3. The van der Waals surface area contributed by atoms with Gasteiger partial charge in [-0.15, -0.1) is 0 Å². The molecule has 0 bridgehead atoms. The van der Waals surface area contributed by atoms with Gasteiger partial charge in [-0.25, -0.2) is 4.39 Å². The molecule has 0 saturated carbocycles. The number of likely N-dealkylation sites (tertiary alicyclic amines) is 1. The van der Waals surface area contributed by atoms with Gasteiger partial charge in [-0.1, -0.05) is 24.4 Å². The van der Waals surface area contributed by atoms with E-state index in [4.69, 9.17) is 11.6 Å². The molecule has 6 heteroatoms. The quantitative estimate of drug-likeness (QED) is 0.830. The molecule has 2 aliphatic heterocycles. The van der Waals surface area contributed by atoms with Gasteiger partial charge in [-0.05, 0) is 31.0 Å². The van der Waals surface area contributed by atoms with Crippen LogP contribution in [0.4, 0.5) is 10.1 Å². The first-order valence-corrected chi connectivity index (χ1v) is 8.48. The molecule has 0 aliphatic carbocycles. The Labute approximate surface area is 140 Å². The van der Waals surface area contributed by atoms with Gasteiger partial charge in [0.15, 0.2) is 0 Å². The molecule has 0 N–H and O–H groups in total. The van der Waals surface area contributed by atoms with Crippen LogP contribution in [0.15, 0.2) is 18.2 Å². The van der Waals surface area contributed by atoms with E-state index in [1.165, 1.54) is 23.1 Å². The Morgan fingerprint density at radius 1 is 1.17 bits per heavy atom. The van der Waals surface area contributed by atoms with Crippen LogP contribution in [0, 0.1) is 11.7 Å². The van der Waals surface area contributed by atoms with Crippen LogP contribution < -0.4 is 4.90 Å². The van der Waals surface area contributed by atoms with Crippen LogP contribution in [0.25, 0.3) is 0 Å². The van der Waals surface area contributed by atoms with Crippen molar-refractivity contribution >= 4 is 29.1 Å². The van der Waals surface area contributed by atoms with Crippen molar-refractivity contribution < 1.29 is 14.0 Å². The predicted molar refractivity (Wildman–Crippen MR) is 86.9 cm³/mol. The number of nitrogens with zero attached hydrogens (tertiary/aromatic N) is 2. The number of amides is 2. The van der Waals surface area contributed by atoms with Crippen molar-refractivity contribution in [2.45, 2.75) is 32.1 Å². The van der Waals surface area contributed by atoms with Crippen LogP contribution in [0.3, 0.4) is 0 Å². The minimum atomic E-state index is -0.515. The number of hydrogen-bond acceptors (Lipinski definition) is 2. The van der Waals surface area contributed by atoms with Gasteiger partial charge >= 0.3 is 0 Å². The van der Waals surface area contributed by atoms with Crippen molar-refractivity contribution in [2.75, 3.05) is 24.5 Å². The van der Waals surface area contributed by atoms with E-state index in [2.05, 4.69) is 0 Å². The summed E-state index contributed by atoms with van der Waals surface area (Å²) < 4.78 is 13.3. The molecule has 1 aromatic carbocycles. The first-order chi connectivity index (χ1) is 11.1. The highest BCUT2D eigenvalue weighted by Gasteiger charge is 2.37. The Bertz CT molecular complexity index is 615. The summed E-state index contributed by atoms with van der Waals surface area (Å²) in [6, 6.07) is 4.21. The van der Waals surface area contributed by atoms with E-state index in [9.17, 15) is 14.0 Å². The average Bonchev–Trinajstić information content (AvgIpc) is 2.75. The Morgan fingerprint density at radius 3 is 2.52 bits per heavy atom. The van der Waals surface area contributed by atoms with E-state index in [1.54, 1.807) is 0 Å². The number of rotatable bonds is 2. The zero-order valence-corrected chi connectivity index (χ0v) is 13.7. The van der Waals surface area contributed by atoms with E-state index in [1.807, 2.05) is 4.90 Å². The summed E-state index contributed by atoms with van der Waals surface area (Å²) in [7, 11) is 0. The molecule has 0 spiro atoms. The molecule has 1 aromatic rings. The second-order valence-corrected chi connectivity index (χ2v) is 6.65. The third-order valence-corrected chi connectivity index (χ3v) is 4.90. The van der Waals surface area contributed by atoms with E-state index in [0.29, 0.717) is 12.2 Å². The molecule has 1 atom stereocenters. The summed E-state index contributed by atoms with van der Waals surface area (Å²) in [4.78, 5) is 28.3. The molecule has 2 fully saturated rings. The van der Waals surface area contributed by atoms with Crippen molar-refractivity contribution in [3.05, 3.63) is 29.0 Å². The highest BCUT2D eigenvalue weighted by atomic mass is 35.5. The molecule has 4 nitrogen and oxygen atoms in total. The summed E-state index contributed by atoms with van der Waals surface area (Å²) in [6.45, 7) is 1.91. The second kappa shape index (κ2) is 6.87. The molecule has 2 amide bonds. The lowest BCUT2D eigenvalue weighted by Gasteiger charge is -2.24. The molecule has 124 valence electrons. The minimum absolute atomic E-state index is 0.0161. The van der Waals surface area contributed by atoms with E-state index in [-0.39, 0.29) is 29.2 Å². The van der Waals surface area contributed by atoms with Gasteiger partial charge in [0, 0.05) is 31.7 Å². The lowest BCUT2D eigenvalue weighted by atomic mass is 10.1. The lowest BCUT2D eigenvalue weighted by Crippen LogP contribution is -2.38. The Morgan fingerprint density at radius 2 is 1.87 bits per heavy atom. The first-order valence-electron chi connectivity index (χ1n) is 8.10. The molecular weight excluding hydrogens is 319 g/mol. The highest BCUT2D eigenvalue weighted by molar-refractivity contribution is 6.31. The largest absolute Gasteiger partial charge is 0.342 e. The predicted octanol–water partition coefficient (Wildman–Crippen LogP) is 3.23. The standard InChI is InChI=1S/C17H20ClFN2O2/c18-14-10-13(5-6-15(14)19)21-11-12(9-16(21)22)17(23)20-7-3-1-2-4-8-20/h5-6,10,12H,1-4,7-9,11H2. The molecule has 3 rings (SSSR count). The number of carbonyl (C=O) groups is 2. The second-order valence-electron chi connectivity index (χ2n) is 6.24. The minimum Gasteiger partial charge on any atom is -0.342 e. The molecular formula is C17H20ClFN2O2. The van der Waals surface area contributed by atoms with Crippen LogP contribution in [-0.2, 0) is 9.59 Å². The molecule has 23 heavy (non-hydrogen) atoms. The van der Waals surface area contributed by atoms with Gasteiger partial charge in [-0.3, -0.25) is 9.59 Å². The number of benzene rings is 1. The monoisotopic (exact) mass is 338 g/mol. The third kappa shape index (κ3) is 3.50. The third-order valence-electron chi connectivity index (χ3n) is 4.61. The summed E-state index contributed by atoms with van der Waals surface area (Å²) in [5.74, 6) is -0.875. The van der Waals surface area contributed by atoms with Gasteiger partial charge in [0.1, 0.15) is 5.82 Å². The Balaban J connectivity index is 1.71. The fourth-order valence-corrected chi connectivity index (χ4v) is 3.50. The molecule has 2 heterocycles. The first kappa shape index (κ1) is 16.2. The lowest BCUT2D eigenvalue weighted by molar-refractivity contribution is -0.135. The van der Waals surface area contributed by atoms with Crippen LogP contribution >= 0.6 is 11.6 Å². The Kier molecular flexibility index (Phi) is 4.85. The van der Waals surface area contributed by atoms with Crippen molar-refractivity contribution in [2.24, 2.45) is 5.92 Å². The van der Waals surface area contributed by atoms with Gasteiger partial charge < -0.3 is 9.80 Å². The van der Waals surface area contributed by atoms with Crippen molar-refractivity contribution in [1.82, 2.24) is 4.90 Å². The van der Waals surface area contributed by atoms with Crippen LogP contribution in [-0.4, -0.2) is 36.3 Å². The Hall–Kier alpha value is -1.62. The fourth-order valence-electron chi connectivity index (χ4n) is 3.32. The normalized spacial score (nSPS) is 22.3. The van der Waals surface area contributed by atoms with Gasteiger partial charge in [-0.2, -0.15) is 0 Å². The maximum Gasteiger partial charge on any atom is 0.228 e. The van der Waals surface area contributed by atoms with Crippen LogP contribution in [0.5, 0.6) is 0 Å². The van der Waals surface area contributed by atoms with Crippen molar-refractivity contribution in [1.29, 1.82) is 0 Å². The number of anilines is 1. The summed E-state index contributed by atoms with van der Waals surface area (Å²) in [5.41, 5.74) is 0.549. The molecule has 1 unspecified atom stereocenters. The average molecular weight is 339 g/mol. The van der Waals surface area contributed by atoms with Crippen LogP contribution in [0.1, 0.15) is 32.1 Å². The molecule has 0 aromatic heterocycles. The van der Waals surface area contributed by atoms with Gasteiger partial charge in [0.05, 0.1) is 10.9 Å². The van der Waals surface area contributed by atoms with Crippen molar-refractivity contribution in [3.8, 4) is 0 Å². The van der Waals surface area contributed by atoms with Gasteiger partial charge in [0.2, 0.25) is 11.8 Å². The summed E-state index contributed by atoms with van der Waals surface area (Å²) >= 11 is 5.79. The van der Waals surface area contributed by atoms with E-state index in [0.717, 1.165) is 38.8 Å². The SMILES string of the molecule is O=C(C1CC(=O)N(c2ccc(F)c(Cl)c2)C1)N1CCCCCC1. The maximum atomic E-state index is 13.3. The smallest absolute Gasteiger partial charge is 0.228 e. The fraction of sp³-hybridized carbons (Fsp3) is 0.529. The molecule has 2 saturated heterocycles. The molecule has 0 radical (unpaired) electrons. The number of carbonyl (C=O) groups excluding carboxylic acids is 2. The summed E-state index contributed by atoms with van der Waals surface area (Å²) in [5, 5.41) is -0.0161. The van der Waals surface area contributed by atoms with Crippen molar-refractivity contribution in [3.63, 3.8) is 0 Å². The zero-order chi connectivity index (χ0) is 16.4. The molecule has 2 aliphatic rings. The highest BCUT2D eigenvalue weighted by Crippen LogP contribution is 2.29. The number of hydrogen-bond donors (Lipinski definition) is 0. The van der Waals surface area contributed by atoms with Crippen LogP contribution in [0.2, 0.25) is 5.02 Å². The number of halogens is 2.